The number of carbonyl (C=O) groups excluding carboxylic acids is 1. The quantitative estimate of drug-likeness (QED) is 0.871. The number of nitrogens with two attached hydrogens (primary N) is 1. The van der Waals surface area contributed by atoms with Gasteiger partial charge in [0.1, 0.15) is 0 Å². The summed E-state index contributed by atoms with van der Waals surface area (Å²) in [5.41, 5.74) is 6.91. The number of amides is 1. The van der Waals surface area contributed by atoms with Gasteiger partial charge in [-0.3, -0.25) is 4.79 Å². The summed E-state index contributed by atoms with van der Waals surface area (Å²) in [5, 5.41) is 11.7. The van der Waals surface area contributed by atoms with Gasteiger partial charge in [-0.05, 0) is 56.3 Å². The van der Waals surface area contributed by atoms with Crippen LogP contribution in [-0.2, 0) is 4.79 Å². The molecule has 2 rings (SSSR count). The molecule has 4 nitrogen and oxygen atoms in total. The second-order valence-corrected chi connectivity index (χ2v) is 5.14. The molecule has 0 heterocycles. The molecule has 1 aliphatic rings. The zero-order chi connectivity index (χ0) is 13.7. The van der Waals surface area contributed by atoms with Crippen LogP contribution in [0, 0.1) is 23.2 Å². The average Bonchev–Trinajstić information content (AvgIpc) is 2.47. The Labute approximate surface area is 113 Å². The highest BCUT2D eigenvalue weighted by atomic mass is 16.1. The van der Waals surface area contributed by atoms with Crippen molar-refractivity contribution in [2.45, 2.75) is 25.7 Å². The lowest BCUT2D eigenvalue weighted by Crippen LogP contribution is -2.29. The molecule has 1 saturated carbocycles. The normalized spacial score (nSPS) is 22.5. The molecule has 1 fully saturated rings. The van der Waals surface area contributed by atoms with Crippen molar-refractivity contribution in [2.75, 3.05) is 11.9 Å². The summed E-state index contributed by atoms with van der Waals surface area (Å²) < 4.78 is 0. The third-order valence-corrected chi connectivity index (χ3v) is 3.81. The van der Waals surface area contributed by atoms with E-state index < -0.39 is 0 Å². The van der Waals surface area contributed by atoms with E-state index in [2.05, 4.69) is 11.4 Å². The molecule has 1 aliphatic carbocycles. The standard InChI is InChI=1S/C15H19N3O/c16-9-11-4-6-13(7-5-11)15(19)18-14-3-1-2-12(8-14)10-17/h1-3,8,11,13H,4-7,9,16H2,(H,18,19). The molecular weight excluding hydrogens is 238 g/mol. The van der Waals surface area contributed by atoms with Crippen molar-refractivity contribution < 1.29 is 4.79 Å². The van der Waals surface area contributed by atoms with Crippen molar-refractivity contribution in [1.82, 2.24) is 0 Å². The topological polar surface area (TPSA) is 78.9 Å². The summed E-state index contributed by atoms with van der Waals surface area (Å²) in [7, 11) is 0. The van der Waals surface area contributed by atoms with Crippen LogP contribution in [0.1, 0.15) is 31.2 Å². The van der Waals surface area contributed by atoms with Crippen molar-refractivity contribution in [3.8, 4) is 6.07 Å². The minimum atomic E-state index is 0.0607. The van der Waals surface area contributed by atoms with Crippen molar-refractivity contribution >= 4 is 11.6 Å². The zero-order valence-electron chi connectivity index (χ0n) is 10.9. The summed E-state index contributed by atoms with van der Waals surface area (Å²) in [6, 6.07) is 9.08. The third kappa shape index (κ3) is 3.55. The number of nitrogens with one attached hydrogen (secondary N) is 1. The van der Waals surface area contributed by atoms with Gasteiger partial charge in [0.05, 0.1) is 11.6 Å². The van der Waals surface area contributed by atoms with Gasteiger partial charge in [0.2, 0.25) is 5.91 Å². The molecule has 0 bridgehead atoms. The molecule has 0 unspecified atom stereocenters. The third-order valence-electron chi connectivity index (χ3n) is 3.81. The van der Waals surface area contributed by atoms with E-state index in [4.69, 9.17) is 11.0 Å². The Bertz CT molecular complexity index is 484. The molecule has 0 aliphatic heterocycles. The fraction of sp³-hybridized carbons (Fsp3) is 0.467. The van der Waals surface area contributed by atoms with E-state index in [1.807, 2.05) is 6.07 Å². The van der Waals surface area contributed by atoms with Crippen LogP contribution in [-0.4, -0.2) is 12.5 Å². The Kier molecular flexibility index (Phi) is 4.53. The largest absolute Gasteiger partial charge is 0.330 e. The van der Waals surface area contributed by atoms with Gasteiger partial charge < -0.3 is 11.1 Å². The van der Waals surface area contributed by atoms with Crippen LogP contribution in [0.2, 0.25) is 0 Å². The monoisotopic (exact) mass is 257 g/mol. The second-order valence-electron chi connectivity index (χ2n) is 5.14. The minimum Gasteiger partial charge on any atom is -0.330 e. The van der Waals surface area contributed by atoms with Crippen LogP contribution in [0.25, 0.3) is 0 Å². The molecule has 100 valence electrons. The Hall–Kier alpha value is -1.86. The van der Waals surface area contributed by atoms with Crippen molar-refractivity contribution in [1.29, 1.82) is 5.26 Å². The lowest BCUT2D eigenvalue weighted by Gasteiger charge is -2.26. The Morgan fingerprint density at radius 1 is 1.37 bits per heavy atom. The number of hydrogen-bond donors (Lipinski definition) is 2. The van der Waals surface area contributed by atoms with E-state index in [1.54, 1.807) is 18.2 Å². The number of nitriles is 1. The molecule has 1 aromatic carbocycles. The van der Waals surface area contributed by atoms with Gasteiger partial charge in [0.25, 0.3) is 0 Å². The maximum Gasteiger partial charge on any atom is 0.227 e. The highest BCUT2D eigenvalue weighted by Crippen LogP contribution is 2.29. The predicted molar refractivity (Wildman–Crippen MR) is 74.3 cm³/mol. The molecule has 0 radical (unpaired) electrons. The first kappa shape index (κ1) is 13.6. The number of benzene rings is 1. The second kappa shape index (κ2) is 6.35. The molecule has 0 atom stereocenters. The number of rotatable bonds is 3. The molecule has 0 saturated heterocycles. The number of anilines is 1. The highest BCUT2D eigenvalue weighted by Gasteiger charge is 2.25. The van der Waals surface area contributed by atoms with E-state index in [0.717, 1.165) is 32.2 Å². The lowest BCUT2D eigenvalue weighted by molar-refractivity contribution is -0.121. The van der Waals surface area contributed by atoms with Gasteiger partial charge in [0.15, 0.2) is 0 Å². The molecular formula is C15H19N3O. The molecule has 1 aromatic rings. The first-order chi connectivity index (χ1) is 9.22. The number of hydrogen-bond acceptors (Lipinski definition) is 3. The smallest absolute Gasteiger partial charge is 0.227 e. The fourth-order valence-electron chi connectivity index (χ4n) is 2.57. The molecule has 4 heteroatoms. The SMILES string of the molecule is N#Cc1cccc(NC(=O)C2CCC(CN)CC2)c1. The first-order valence-electron chi connectivity index (χ1n) is 6.74. The molecule has 19 heavy (non-hydrogen) atoms. The van der Waals surface area contributed by atoms with E-state index >= 15 is 0 Å². The van der Waals surface area contributed by atoms with Gasteiger partial charge >= 0.3 is 0 Å². The van der Waals surface area contributed by atoms with Crippen LogP contribution < -0.4 is 11.1 Å². The summed E-state index contributed by atoms with van der Waals surface area (Å²) >= 11 is 0. The van der Waals surface area contributed by atoms with E-state index in [0.29, 0.717) is 17.2 Å². The van der Waals surface area contributed by atoms with Gasteiger partial charge in [0, 0.05) is 11.6 Å². The maximum absolute atomic E-state index is 12.1. The summed E-state index contributed by atoms with van der Waals surface area (Å²) in [4.78, 5) is 12.1. The number of nitrogens with zero attached hydrogens (tertiary/aromatic N) is 1. The lowest BCUT2D eigenvalue weighted by atomic mass is 9.81. The molecule has 0 spiro atoms. The van der Waals surface area contributed by atoms with E-state index in [9.17, 15) is 4.79 Å². The van der Waals surface area contributed by atoms with Crippen molar-refractivity contribution in [3.63, 3.8) is 0 Å². The summed E-state index contributed by atoms with van der Waals surface area (Å²) in [6.07, 6.45) is 3.89. The average molecular weight is 257 g/mol. The number of carbonyl (C=O) groups is 1. The van der Waals surface area contributed by atoms with Crippen LogP contribution >= 0.6 is 0 Å². The summed E-state index contributed by atoms with van der Waals surface area (Å²) in [5.74, 6) is 0.713. The van der Waals surface area contributed by atoms with E-state index in [-0.39, 0.29) is 11.8 Å². The van der Waals surface area contributed by atoms with Crippen molar-refractivity contribution in [2.24, 2.45) is 17.6 Å². The molecule has 3 N–H and O–H groups in total. The van der Waals surface area contributed by atoms with Gasteiger partial charge in [-0.15, -0.1) is 0 Å². The molecule has 1 amide bonds. The predicted octanol–water partition coefficient (Wildman–Crippen LogP) is 2.26. The van der Waals surface area contributed by atoms with Gasteiger partial charge in [-0.25, -0.2) is 0 Å². The Morgan fingerprint density at radius 3 is 2.74 bits per heavy atom. The zero-order valence-corrected chi connectivity index (χ0v) is 10.9. The minimum absolute atomic E-state index is 0.0607. The van der Waals surface area contributed by atoms with Crippen LogP contribution in [0.3, 0.4) is 0 Å². The van der Waals surface area contributed by atoms with E-state index in [1.165, 1.54) is 0 Å². The van der Waals surface area contributed by atoms with Crippen LogP contribution in [0.5, 0.6) is 0 Å². The maximum atomic E-state index is 12.1. The Morgan fingerprint density at radius 2 is 2.11 bits per heavy atom. The summed E-state index contributed by atoms with van der Waals surface area (Å²) in [6.45, 7) is 0.721. The Balaban J connectivity index is 1.92. The molecule has 0 aromatic heterocycles. The van der Waals surface area contributed by atoms with Crippen LogP contribution in [0.15, 0.2) is 24.3 Å². The highest BCUT2D eigenvalue weighted by molar-refractivity contribution is 5.92. The van der Waals surface area contributed by atoms with Gasteiger partial charge in [-0.2, -0.15) is 5.26 Å². The van der Waals surface area contributed by atoms with Crippen molar-refractivity contribution in [3.05, 3.63) is 29.8 Å². The van der Waals surface area contributed by atoms with Gasteiger partial charge in [-0.1, -0.05) is 6.07 Å². The first-order valence-corrected chi connectivity index (χ1v) is 6.74. The van der Waals surface area contributed by atoms with Crippen LogP contribution in [0.4, 0.5) is 5.69 Å². The fourth-order valence-corrected chi connectivity index (χ4v) is 2.57.